The van der Waals surface area contributed by atoms with Crippen molar-refractivity contribution in [3.63, 3.8) is 0 Å². The van der Waals surface area contributed by atoms with Crippen molar-refractivity contribution in [2.24, 2.45) is 0 Å². The van der Waals surface area contributed by atoms with Gasteiger partial charge in [-0.05, 0) is 24.1 Å². The number of rotatable bonds is 0. The Hall–Kier alpha value is -0.120. The summed E-state index contributed by atoms with van der Waals surface area (Å²) in [6.45, 7) is 0. The van der Waals surface area contributed by atoms with Crippen molar-refractivity contribution in [3.8, 4) is 0 Å². The summed E-state index contributed by atoms with van der Waals surface area (Å²) in [6.07, 6.45) is -0.207. The Bertz CT molecular complexity index is 356. The minimum absolute atomic E-state index is 0.128. The second kappa shape index (κ2) is 3.23. The number of aliphatic hydroxyl groups is 1. The molecule has 2 rings (SSSR count). The van der Waals surface area contributed by atoms with Crippen LogP contribution in [0.25, 0.3) is 0 Å². The average Bonchev–Trinajstić information content (AvgIpc) is 2.38. The SMILES string of the molecule is OC1c2c(F)ccc(Cl)c2CC1Br. The zero-order valence-electron chi connectivity index (χ0n) is 6.60. The van der Waals surface area contributed by atoms with Crippen LogP contribution in [0, 0.1) is 5.82 Å². The predicted molar refractivity (Wildman–Crippen MR) is 52.8 cm³/mol. The average molecular weight is 266 g/mol. The molecule has 1 aromatic rings. The van der Waals surface area contributed by atoms with Crippen LogP contribution in [-0.4, -0.2) is 9.93 Å². The Balaban J connectivity index is 2.61. The van der Waals surface area contributed by atoms with Crippen molar-refractivity contribution in [3.05, 3.63) is 34.1 Å². The fourth-order valence-electron chi connectivity index (χ4n) is 1.62. The third-order valence-electron chi connectivity index (χ3n) is 2.28. The van der Waals surface area contributed by atoms with Crippen LogP contribution in [0.5, 0.6) is 0 Å². The maximum absolute atomic E-state index is 13.3. The van der Waals surface area contributed by atoms with E-state index in [9.17, 15) is 9.50 Å². The van der Waals surface area contributed by atoms with Crippen molar-refractivity contribution < 1.29 is 9.50 Å². The van der Waals surface area contributed by atoms with Crippen molar-refractivity contribution >= 4 is 27.5 Å². The van der Waals surface area contributed by atoms with Crippen LogP contribution >= 0.6 is 27.5 Å². The van der Waals surface area contributed by atoms with E-state index in [-0.39, 0.29) is 10.6 Å². The highest BCUT2D eigenvalue weighted by Gasteiger charge is 2.33. The van der Waals surface area contributed by atoms with Gasteiger partial charge in [0.15, 0.2) is 0 Å². The maximum Gasteiger partial charge on any atom is 0.129 e. The van der Waals surface area contributed by atoms with Crippen LogP contribution in [0.2, 0.25) is 5.02 Å². The van der Waals surface area contributed by atoms with Crippen molar-refractivity contribution in [2.45, 2.75) is 17.4 Å². The molecular formula is C9H7BrClFO. The highest BCUT2D eigenvalue weighted by atomic mass is 79.9. The lowest BCUT2D eigenvalue weighted by molar-refractivity contribution is 0.183. The van der Waals surface area contributed by atoms with E-state index in [2.05, 4.69) is 15.9 Å². The van der Waals surface area contributed by atoms with E-state index in [0.717, 1.165) is 5.56 Å². The Morgan fingerprint density at radius 1 is 1.54 bits per heavy atom. The molecule has 1 aromatic carbocycles. The fourth-order valence-corrected chi connectivity index (χ4v) is 2.45. The zero-order valence-corrected chi connectivity index (χ0v) is 8.94. The van der Waals surface area contributed by atoms with Crippen LogP contribution in [0.4, 0.5) is 4.39 Å². The predicted octanol–water partition coefficient (Wildman–Crippen LogP) is 2.83. The molecule has 0 aliphatic heterocycles. The molecule has 1 N–H and O–H groups in total. The number of alkyl halides is 1. The molecule has 4 heteroatoms. The molecule has 70 valence electrons. The molecule has 2 unspecified atom stereocenters. The minimum atomic E-state index is -0.784. The lowest BCUT2D eigenvalue weighted by Crippen LogP contribution is -2.05. The quantitative estimate of drug-likeness (QED) is 0.715. The first-order valence-electron chi connectivity index (χ1n) is 3.90. The van der Waals surface area contributed by atoms with Crippen molar-refractivity contribution in [2.75, 3.05) is 0 Å². The monoisotopic (exact) mass is 264 g/mol. The van der Waals surface area contributed by atoms with Crippen LogP contribution < -0.4 is 0 Å². The largest absolute Gasteiger partial charge is 0.387 e. The van der Waals surface area contributed by atoms with Crippen molar-refractivity contribution in [1.29, 1.82) is 0 Å². The Morgan fingerprint density at radius 3 is 2.85 bits per heavy atom. The van der Waals surface area contributed by atoms with Gasteiger partial charge in [-0.15, -0.1) is 0 Å². The lowest BCUT2D eigenvalue weighted by Gasteiger charge is -2.07. The first-order valence-corrected chi connectivity index (χ1v) is 5.19. The van der Waals surface area contributed by atoms with Crippen molar-refractivity contribution in [1.82, 2.24) is 0 Å². The molecule has 0 saturated carbocycles. The first kappa shape index (κ1) is 9.44. The molecule has 0 fully saturated rings. The van der Waals surface area contributed by atoms with Crippen LogP contribution in [-0.2, 0) is 6.42 Å². The van der Waals surface area contributed by atoms with Gasteiger partial charge in [-0.3, -0.25) is 0 Å². The molecule has 0 aromatic heterocycles. The zero-order chi connectivity index (χ0) is 9.59. The molecule has 0 saturated heterocycles. The Kier molecular flexibility index (Phi) is 2.34. The van der Waals surface area contributed by atoms with Gasteiger partial charge in [0.1, 0.15) is 5.82 Å². The topological polar surface area (TPSA) is 20.2 Å². The minimum Gasteiger partial charge on any atom is -0.387 e. The summed E-state index contributed by atoms with van der Waals surface area (Å²) >= 11 is 9.15. The number of hydrogen-bond acceptors (Lipinski definition) is 1. The van der Waals surface area contributed by atoms with E-state index in [1.54, 1.807) is 0 Å². The molecule has 13 heavy (non-hydrogen) atoms. The molecule has 0 radical (unpaired) electrons. The third kappa shape index (κ3) is 1.39. The smallest absolute Gasteiger partial charge is 0.129 e. The maximum atomic E-state index is 13.3. The molecular weight excluding hydrogens is 258 g/mol. The van der Waals surface area contributed by atoms with Crippen LogP contribution in [0.15, 0.2) is 12.1 Å². The van der Waals surface area contributed by atoms with Gasteiger partial charge in [0.05, 0.1) is 6.10 Å². The van der Waals surface area contributed by atoms with Crippen LogP contribution in [0.3, 0.4) is 0 Å². The fraction of sp³-hybridized carbons (Fsp3) is 0.333. The molecule has 0 heterocycles. The van der Waals surface area contributed by atoms with Gasteiger partial charge in [-0.1, -0.05) is 27.5 Å². The second-order valence-corrected chi connectivity index (χ2v) is 4.67. The van der Waals surface area contributed by atoms with Gasteiger partial charge >= 0.3 is 0 Å². The molecule has 0 bridgehead atoms. The standard InChI is InChI=1S/C9H7BrClFO/c10-5-3-4-6(11)1-2-7(12)8(4)9(5)13/h1-2,5,9,13H,3H2. The molecule has 1 aliphatic carbocycles. The van der Waals surface area contributed by atoms with E-state index in [4.69, 9.17) is 11.6 Å². The molecule has 0 amide bonds. The van der Waals surface area contributed by atoms with E-state index in [1.807, 2.05) is 0 Å². The summed E-state index contributed by atoms with van der Waals surface area (Å²) in [5.74, 6) is -0.381. The molecule has 1 aliphatic rings. The Labute approximate surface area is 88.7 Å². The Morgan fingerprint density at radius 2 is 2.23 bits per heavy atom. The number of hydrogen-bond donors (Lipinski definition) is 1. The van der Waals surface area contributed by atoms with Gasteiger partial charge < -0.3 is 5.11 Å². The lowest BCUT2D eigenvalue weighted by atomic mass is 10.1. The van der Waals surface area contributed by atoms with E-state index in [0.29, 0.717) is 17.0 Å². The van der Waals surface area contributed by atoms with E-state index < -0.39 is 6.10 Å². The summed E-state index contributed by atoms with van der Waals surface area (Å²) in [6, 6.07) is 2.81. The molecule has 1 nitrogen and oxygen atoms in total. The molecule has 2 atom stereocenters. The van der Waals surface area contributed by atoms with Gasteiger partial charge in [-0.25, -0.2) is 4.39 Å². The van der Waals surface area contributed by atoms with Gasteiger partial charge in [0.2, 0.25) is 0 Å². The highest BCUT2D eigenvalue weighted by Crippen LogP contribution is 2.40. The van der Waals surface area contributed by atoms with Crippen LogP contribution in [0.1, 0.15) is 17.2 Å². The number of halogens is 3. The third-order valence-corrected chi connectivity index (χ3v) is 3.46. The second-order valence-electron chi connectivity index (χ2n) is 3.09. The van der Waals surface area contributed by atoms with E-state index in [1.165, 1.54) is 12.1 Å². The summed E-state index contributed by atoms with van der Waals surface area (Å²) < 4.78 is 13.3. The number of fused-ring (bicyclic) bond motifs is 1. The molecule has 0 spiro atoms. The first-order chi connectivity index (χ1) is 6.11. The van der Waals surface area contributed by atoms with Gasteiger partial charge in [0.25, 0.3) is 0 Å². The normalized spacial score (nSPS) is 26.2. The number of aliphatic hydroxyl groups excluding tert-OH is 1. The number of benzene rings is 1. The van der Waals surface area contributed by atoms with E-state index >= 15 is 0 Å². The summed E-state index contributed by atoms with van der Waals surface area (Å²) in [4.78, 5) is -0.128. The highest BCUT2D eigenvalue weighted by molar-refractivity contribution is 9.09. The summed E-state index contributed by atoms with van der Waals surface area (Å²) in [7, 11) is 0. The summed E-state index contributed by atoms with van der Waals surface area (Å²) in [5.41, 5.74) is 1.06. The van der Waals surface area contributed by atoms with Gasteiger partial charge in [0, 0.05) is 15.4 Å². The van der Waals surface area contributed by atoms with Gasteiger partial charge in [-0.2, -0.15) is 0 Å². The summed E-state index contributed by atoms with van der Waals surface area (Å²) in [5, 5.41) is 10.1.